The Hall–Kier alpha value is -2.43. The van der Waals surface area contributed by atoms with Gasteiger partial charge in [-0.25, -0.2) is 9.97 Å². The van der Waals surface area contributed by atoms with E-state index in [0.717, 1.165) is 16.8 Å². The second-order valence-electron chi connectivity index (χ2n) is 4.72. The number of hydrogen-bond donors (Lipinski definition) is 1. The van der Waals surface area contributed by atoms with Gasteiger partial charge in [-0.15, -0.1) is 0 Å². The Balaban J connectivity index is 2.18. The molecule has 1 N–H and O–H groups in total. The van der Waals surface area contributed by atoms with Gasteiger partial charge in [-0.1, -0.05) is 24.3 Å². The van der Waals surface area contributed by atoms with Crippen molar-refractivity contribution in [2.24, 2.45) is 0 Å². The standard InChI is InChI=1S/C16H19N3O2/c1-4-21-16-9-15(17-10-18-16)14-7-5-13(6-8-14)11(2)19-12(3)20/h5-11H,4H2,1-3H3,(H,19,20). The molecule has 1 aromatic carbocycles. The lowest BCUT2D eigenvalue weighted by Crippen LogP contribution is -2.23. The van der Waals surface area contributed by atoms with E-state index in [4.69, 9.17) is 4.74 Å². The van der Waals surface area contributed by atoms with Gasteiger partial charge >= 0.3 is 0 Å². The largest absolute Gasteiger partial charge is 0.478 e. The minimum atomic E-state index is -0.0382. The Bertz CT molecular complexity index is 611. The van der Waals surface area contributed by atoms with Gasteiger partial charge in [-0.2, -0.15) is 0 Å². The maximum atomic E-state index is 11.1. The Morgan fingerprint density at radius 3 is 2.62 bits per heavy atom. The van der Waals surface area contributed by atoms with Crippen LogP contribution < -0.4 is 10.1 Å². The maximum Gasteiger partial charge on any atom is 0.217 e. The number of carbonyl (C=O) groups excluding carboxylic acids is 1. The third-order valence-corrected chi connectivity index (χ3v) is 3.06. The molecule has 21 heavy (non-hydrogen) atoms. The molecule has 0 aliphatic carbocycles. The molecule has 0 saturated heterocycles. The highest BCUT2D eigenvalue weighted by Crippen LogP contribution is 2.22. The minimum Gasteiger partial charge on any atom is -0.478 e. The first-order valence-corrected chi connectivity index (χ1v) is 6.92. The third-order valence-electron chi connectivity index (χ3n) is 3.06. The molecule has 110 valence electrons. The Morgan fingerprint density at radius 1 is 1.29 bits per heavy atom. The first-order valence-electron chi connectivity index (χ1n) is 6.92. The number of aromatic nitrogens is 2. The monoisotopic (exact) mass is 285 g/mol. The fourth-order valence-electron chi connectivity index (χ4n) is 2.05. The lowest BCUT2D eigenvalue weighted by atomic mass is 10.0. The molecule has 1 aromatic heterocycles. The first kappa shape index (κ1) is 15.0. The molecule has 5 heteroatoms. The van der Waals surface area contributed by atoms with Crippen LogP contribution in [0.3, 0.4) is 0 Å². The van der Waals surface area contributed by atoms with E-state index in [9.17, 15) is 4.79 Å². The van der Waals surface area contributed by atoms with E-state index < -0.39 is 0 Å². The summed E-state index contributed by atoms with van der Waals surface area (Å²) in [6.45, 7) is 5.96. The van der Waals surface area contributed by atoms with E-state index in [-0.39, 0.29) is 11.9 Å². The summed E-state index contributed by atoms with van der Waals surface area (Å²) >= 11 is 0. The van der Waals surface area contributed by atoms with Crippen molar-refractivity contribution in [2.75, 3.05) is 6.61 Å². The van der Waals surface area contributed by atoms with E-state index in [1.54, 1.807) is 0 Å². The number of nitrogens with one attached hydrogen (secondary N) is 1. The molecule has 0 aliphatic rings. The van der Waals surface area contributed by atoms with Gasteiger partial charge in [-0.05, 0) is 19.4 Å². The highest BCUT2D eigenvalue weighted by molar-refractivity contribution is 5.73. The van der Waals surface area contributed by atoms with Crippen LogP contribution in [0, 0.1) is 0 Å². The molecule has 1 atom stereocenters. The summed E-state index contributed by atoms with van der Waals surface area (Å²) in [4.78, 5) is 19.4. The van der Waals surface area contributed by atoms with Crippen molar-refractivity contribution < 1.29 is 9.53 Å². The van der Waals surface area contributed by atoms with Gasteiger partial charge in [0.1, 0.15) is 6.33 Å². The summed E-state index contributed by atoms with van der Waals surface area (Å²) in [7, 11) is 0. The van der Waals surface area contributed by atoms with Crippen LogP contribution in [0.15, 0.2) is 36.7 Å². The smallest absolute Gasteiger partial charge is 0.217 e. The van der Waals surface area contributed by atoms with E-state index >= 15 is 0 Å². The molecule has 1 amide bonds. The Morgan fingerprint density at radius 2 is 2.00 bits per heavy atom. The lowest BCUT2D eigenvalue weighted by Gasteiger charge is -2.13. The predicted octanol–water partition coefficient (Wildman–Crippen LogP) is 2.74. The van der Waals surface area contributed by atoms with Gasteiger partial charge in [0.05, 0.1) is 18.3 Å². The maximum absolute atomic E-state index is 11.1. The van der Waals surface area contributed by atoms with Crippen molar-refractivity contribution in [3.63, 3.8) is 0 Å². The molecule has 0 fully saturated rings. The van der Waals surface area contributed by atoms with Crippen molar-refractivity contribution in [2.45, 2.75) is 26.8 Å². The van der Waals surface area contributed by atoms with Crippen molar-refractivity contribution >= 4 is 5.91 Å². The van der Waals surface area contributed by atoms with Crippen LogP contribution in [0.5, 0.6) is 5.88 Å². The van der Waals surface area contributed by atoms with E-state index in [1.165, 1.54) is 13.3 Å². The van der Waals surface area contributed by atoms with E-state index in [0.29, 0.717) is 12.5 Å². The number of benzene rings is 1. The third kappa shape index (κ3) is 4.02. The molecule has 0 radical (unpaired) electrons. The number of nitrogens with zero attached hydrogens (tertiary/aromatic N) is 2. The number of hydrogen-bond acceptors (Lipinski definition) is 4. The van der Waals surface area contributed by atoms with Crippen molar-refractivity contribution in [1.82, 2.24) is 15.3 Å². The molecule has 2 aromatic rings. The lowest BCUT2D eigenvalue weighted by molar-refractivity contribution is -0.119. The second-order valence-corrected chi connectivity index (χ2v) is 4.72. The van der Waals surface area contributed by atoms with Crippen molar-refractivity contribution in [3.05, 3.63) is 42.2 Å². The van der Waals surface area contributed by atoms with Gasteiger partial charge < -0.3 is 10.1 Å². The van der Waals surface area contributed by atoms with Gasteiger partial charge in [0.25, 0.3) is 0 Å². The van der Waals surface area contributed by atoms with E-state index in [2.05, 4.69) is 15.3 Å². The average molecular weight is 285 g/mol. The molecule has 0 spiro atoms. The summed E-state index contributed by atoms with van der Waals surface area (Å²) in [5.41, 5.74) is 2.84. The molecule has 0 saturated carbocycles. The summed E-state index contributed by atoms with van der Waals surface area (Å²) in [6, 6.07) is 9.73. The molecule has 5 nitrogen and oxygen atoms in total. The Kier molecular flexibility index (Phi) is 4.87. The predicted molar refractivity (Wildman–Crippen MR) is 80.9 cm³/mol. The number of rotatable bonds is 5. The summed E-state index contributed by atoms with van der Waals surface area (Å²) in [5, 5.41) is 2.86. The number of carbonyl (C=O) groups is 1. The van der Waals surface area contributed by atoms with Crippen LogP contribution in [0.25, 0.3) is 11.3 Å². The van der Waals surface area contributed by atoms with Crippen LogP contribution in [-0.2, 0) is 4.79 Å². The fraction of sp³-hybridized carbons (Fsp3) is 0.312. The Labute approximate surface area is 124 Å². The van der Waals surface area contributed by atoms with Crippen molar-refractivity contribution in [3.8, 4) is 17.1 Å². The molecular weight excluding hydrogens is 266 g/mol. The SMILES string of the molecule is CCOc1cc(-c2ccc(C(C)NC(C)=O)cc2)ncn1. The molecule has 0 bridgehead atoms. The topological polar surface area (TPSA) is 64.1 Å². The summed E-state index contributed by atoms with van der Waals surface area (Å²) in [6.07, 6.45) is 1.49. The molecule has 1 heterocycles. The zero-order valence-corrected chi connectivity index (χ0v) is 12.5. The van der Waals surface area contributed by atoms with Crippen LogP contribution in [-0.4, -0.2) is 22.5 Å². The van der Waals surface area contributed by atoms with Crippen LogP contribution in [0.1, 0.15) is 32.4 Å². The first-order chi connectivity index (χ1) is 10.1. The van der Waals surface area contributed by atoms with Gasteiger partial charge in [0.2, 0.25) is 11.8 Å². The zero-order valence-electron chi connectivity index (χ0n) is 12.5. The summed E-state index contributed by atoms with van der Waals surface area (Å²) < 4.78 is 5.38. The molecular formula is C16H19N3O2. The zero-order chi connectivity index (χ0) is 15.2. The summed E-state index contributed by atoms with van der Waals surface area (Å²) in [5.74, 6) is 0.530. The van der Waals surface area contributed by atoms with Crippen molar-refractivity contribution in [1.29, 1.82) is 0 Å². The highest BCUT2D eigenvalue weighted by atomic mass is 16.5. The molecule has 1 unspecified atom stereocenters. The molecule has 0 aliphatic heterocycles. The van der Waals surface area contributed by atoms with Crippen LogP contribution in [0.2, 0.25) is 0 Å². The minimum absolute atomic E-state index is 0.0130. The number of ether oxygens (including phenoxy) is 1. The van der Waals surface area contributed by atoms with Gasteiger partial charge in [0.15, 0.2) is 0 Å². The molecule has 2 rings (SSSR count). The fourth-order valence-corrected chi connectivity index (χ4v) is 2.05. The van der Waals surface area contributed by atoms with Gasteiger partial charge in [0, 0.05) is 18.6 Å². The van der Waals surface area contributed by atoms with Gasteiger partial charge in [-0.3, -0.25) is 4.79 Å². The van der Waals surface area contributed by atoms with Crippen LogP contribution >= 0.6 is 0 Å². The average Bonchev–Trinajstić information content (AvgIpc) is 2.47. The quantitative estimate of drug-likeness (QED) is 0.917. The normalized spacial score (nSPS) is 11.8. The number of amides is 1. The second kappa shape index (κ2) is 6.83. The van der Waals surface area contributed by atoms with Crippen LogP contribution in [0.4, 0.5) is 0 Å². The van der Waals surface area contributed by atoms with E-state index in [1.807, 2.05) is 44.2 Å². The highest BCUT2D eigenvalue weighted by Gasteiger charge is 2.07.